The van der Waals surface area contributed by atoms with Gasteiger partial charge in [0.1, 0.15) is 0 Å². The van der Waals surface area contributed by atoms with Crippen molar-refractivity contribution in [2.75, 3.05) is 78.5 Å². The van der Waals surface area contributed by atoms with Gasteiger partial charge >= 0.3 is 17.9 Å². The highest BCUT2D eigenvalue weighted by Crippen LogP contribution is 2.01. The largest absolute Gasteiger partial charge is 0.480 e. The van der Waals surface area contributed by atoms with E-state index in [1.54, 1.807) is 14.7 Å². The highest BCUT2D eigenvalue weighted by molar-refractivity contribution is 5.78. The molecule has 0 aliphatic carbocycles. The average molecular weight is 446 g/mol. The molecule has 1 saturated heterocycles. The van der Waals surface area contributed by atoms with Gasteiger partial charge in [-0.3, -0.25) is 38.8 Å². The third kappa shape index (κ3) is 12.9. The molecular weight excluding hydrogens is 410 g/mol. The molecule has 0 bridgehead atoms. The molecule has 1 rings (SSSR count). The van der Waals surface area contributed by atoms with Gasteiger partial charge in [-0.1, -0.05) is 0 Å². The number of amides is 1. The first-order chi connectivity index (χ1) is 14.5. The minimum atomic E-state index is -0.996. The Morgan fingerprint density at radius 3 is 1.10 bits per heavy atom. The van der Waals surface area contributed by atoms with E-state index in [1.807, 2.05) is 18.7 Å². The minimum Gasteiger partial charge on any atom is -0.480 e. The fourth-order valence-corrected chi connectivity index (χ4v) is 3.36. The molecule has 0 radical (unpaired) electrons. The van der Waals surface area contributed by atoms with Gasteiger partial charge in [0.15, 0.2) is 0 Å². The number of rotatable bonds is 9. The Morgan fingerprint density at radius 2 is 0.871 bits per heavy atom. The zero-order valence-electron chi connectivity index (χ0n) is 18.3. The molecule has 4 N–H and O–H groups in total. The molecule has 178 valence electrons. The molecule has 0 aromatic heterocycles. The Labute approximate surface area is 182 Å². The highest BCUT2D eigenvalue weighted by Gasteiger charge is 2.21. The summed E-state index contributed by atoms with van der Waals surface area (Å²) in [7, 11) is 0. The van der Waals surface area contributed by atoms with E-state index in [-0.39, 0.29) is 38.1 Å². The summed E-state index contributed by atoms with van der Waals surface area (Å²) in [5, 5.41) is 30.4. The number of nitrogens with zero attached hydrogens (tertiary/aromatic N) is 4. The van der Waals surface area contributed by atoms with Crippen LogP contribution < -0.4 is 5.32 Å². The summed E-state index contributed by atoms with van der Waals surface area (Å²) in [5.74, 6) is -3.10. The minimum absolute atomic E-state index is 0.00724. The third-order valence-electron chi connectivity index (χ3n) is 4.82. The van der Waals surface area contributed by atoms with E-state index in [4.69, 9.17) is 5.11 Å². The molecule has 0 saturated carbocycles. The van der Waals surface area contributed by atoms with Gasteiger partial charge in [-0.05, 0) is 13.8 Å². The molecule has 0 unspecified atom stereocenters. The summed E-state index contributed by atoms with van der Waals surface area (Å²) in [4.78, 5) is 52.9. The van der Waals surface area contributed by atoms with Crippen molar-refractivity contribution in [2.45, 2.75) is 19.9 Å². The fourth-order valence-electron chi connectivity index (χ4n) is 3.36. The number of carboxylic acids is 3. The molecule has 0 aromatic rings. The number of carbonyl (C=O) groups is 4. The molecule has 1 aliphatic heterocycles. The Hall–Kier alpha value is -2.28. The quantitative estimate of drug-likeness (QED) is 0.311. The van der Waals surface area contributed by atoms with Crippen LogP contribution in [0.25, 0.3) is 0 Å². The van der Waals surface area contributed by atoms with Gasteiger partial charge in [0.2, 0.25) is 5.91 Å². The van der Waals surface area contributed by atoms with E-state index in [9.17, 15) is 29.4 Å². The number of carboxylic acid groups (broad SMARTS) is 3. The Kier molecular flexibility index (Phi) is 12.0. The lowest BCUT2D eigenvalue weighted by atomic mass is 10.3. The van der Waals surface area contributed by atoms with Crippen LogP contribution in [0.15, 0.2) is 0 Å². The monoisotopic (exact) mass is 445 g/mol. The summed E-state index contributed by atoms with van der Waals surface area (Å²) in [6, 6.07) is -0.00724. The SMILES string of the molecule is CC(C)NC(=O)CN1CCN(CC(=O)O)CCN(CC(=O)O)CCN(CC(=O)O)CC1. The first-order valence-corrected chi connectivity index (χ1v) is 10.4. The Morgan fingerprint density at radius 1 is 0.613 bits per heavy atom. The molecule has 1 fully saturated rings. The average Bonchev–Trinajstić information content (AvgIpc) is 2.62. The van der Waals surface area contributed by atoms with E-state index in [0.717, 1.165) is 0 Å². The normalized spacial score (nSPS) is 18.8. The predicted octanol–water partition coefficient (Wildman–Crippen LogP) is -2.01. The molecule has 0 aromatic carbocycles. The van der Waals surface area contributed by atoms with Crippen molar-refractivity contribution in [2.24, 2.45) is 0 Å². The smallest absolute Gasteiger partial charge is 0.317 e. The second kappa shape index (κ2) is 13.9. The van der Waals surface area contributed by atoms with Gasteiger partial charge in [-0.25, -0.2) is 0 Å². The van der Waals surface area contributed by atoms with E-state index in [0.29, 0.717) is 52.4 Å². The first kappa shape index (κ1) is 26.8. The highest BCUT2D eigenvalue weighted by atomic mass is 16.4. The third-order valence-corrected chi connectivity index (χ3v) is 4.82. The predicted molar refractivity (Wildman–Crippen MR) is 112 cm³/mol. The summed E-state index contributed by atoms with van der Waals surface area (Å²) in [5.41, 5.74) is 0. The molecule has 12 nitrogen and oxygen atoms in total. The molecule has 12 heteroatoms. The topological polar surface area (TPSA) is 154 Å². The molecule has 31 heavy (non-hydrogen) atoms. The number of nitrogens with one attached hydrogen (secondary N) is 1. The van der Waals surface area contributed by atoms with Crippen LogP contribution in [0, 0.1) is 0 Å². The van der Waals surface area contributed by atoms with Crippen molar-refractivity contribution >= 4 is 23.8 Å². The van der Waals surface area contributed by atoms with Crippen LogP contribution in [0.5, 0.6) is 0 Å². The lowest BCUT2D eigenvalue weighted by molar-refractivity contribution is -0.140. The van der Waals surface area contributed by atoms with Crippen LogP contribution in [0.4, 0.5) is 0 Å². The van der Waals surface area contributed by atoms with Gasteiger partial charge < -0.3 is 20.6 Å². The molecule has 1 heterocycles. The van der Waals surface area contributed by atoms with Crippen molar-refractivity contribution in [3.63, 3.8) is 0 Å². The Bertz CT molecular complexity index is 584. The van der Waals surface area contributed by atoms with Crippen molar-refractivity contribution in [3.8, 4) is 0 Å². The number of hydrogen-bond donors (Lipinski definition) is 4. The number of aliphatic carboxylic acids is 3. The van der Waals surface area contributed by atoms with Crippen LogP contribution >= 0.6 is 0 Å². The van der Waals surface area contributed by atoms with E-state index >= 15 is 0 Å². The maximum atomic E-state index is 12.2. The van der Waals surface area contributed by atoms with Crippen LogP contribution in [-0.2, 0) is 19.2 Å². The molecular formula is C19H35N5O7. The van der Waals surface area contributed by atoms with Gasteiger partial charge in [0, 0.05) is 58.4 Å². The fraction of sp³-hybridized carbons (Fsp3) is 0.789. The first-order valence-electron chi connectivity index (χ1n) is 10.4. The maximum Gasteiger partial charge on any atom is 0.317 e. The lowest BCUT2D eigenvalue weighted by Crippen LogP contribution is -2.50. The summed E-state index contributed by atoms with van der Waals surface area (Å²) >= 11 is 0. The van der Waals surface area contributed by atoms with Crippen molar-refractivity contribution in [3.05, 3.63) is 0 Å². The molecule has 1 aliphatic rings. The van der Waals surface area contributed by atoms with Crippen LogP contribution in [0.1, 0.15) is 13.8 Å². The Balaban J connectivity index is 2.93. The van der Waals surface area contributed by atoms with E-state index in [2.05, 4.69) is 5.32 Å². The van der Waals surface area contributed by atoms with Gasteiger partial charge in [-0.2, -0.15) is 0 Å². The van der Waals surface area contributed by atoms with Gasteiger partial charge in [0.25, 0.3) is 0 Å². The summed E-state index contributed by atoms with van der Waals surface area (Å²) in [6.07, 6.45) is 0. The van der Waals surface area contributed by atoms with Crippen LogP contribution in [0.3, 0.4) is 0 Å². The van der Waals surface area contributed by atoms with E-state index in [1.165, 1.54) is 0 Å². The van der Waals surface area contributed by atoms with Gasteiger partial charge in [0.05, 0.1) is 26.2 Å². The second-order valence-electron chi connectivity index (χ2n) is 8.01. The van der Waals surface area contributed by atoms with Crippen molar-refractivity contribution in [1.29, 1.82) is 0 Å². The second-order valence-corrected chi connectivity index (χ2v) is 8.01. The molecule has 1 amide bonds. The molecule has 0 atom stereocenters. The summed E-state index contributed by atoms with van der Waals surface area (Å²) in [6.45, 7) is 6.31. The number of carbonyl (C=O) groups excluding carboxylic acids is 1. The maximum absolute atomic E-state index is 12.2. The zero-order chi connectivity index (χ0) is 23.4. The van der Waals surface area contributed by atoms with Crippen LogP contribution in [0.2, 0.25) is 0 Å². The number of hydrogen-bond acceptors (Lipinski definition) is 8. The van der Waals surface area contributed by atoms with Crippen molar-refractivity contribution < 1.29 is 34.5 Å². The van der Waals surface area contributed by atoms with E-state index < -0.39 is 17.9 Å². The standard InChI is InChI=1S/C19H35N5O7/c1-15(2)20-16(25)11-21-3-5-22(12-17(26)27)7-9-24(14-19(30)31)10-8-23(6-4-21)13-18(28)29/h15H,3-14H2,1-2H3,(H,20,25)(H,26,27)(H,28,29)(H,30,31). The summed E-state index contributed by atoms with van der Waals surface area (Å²) < 4.78 is 0. The van der Waals surface area contributed by atoms with Gasteiger partial charge in [-0.15, -0.1) is 0 Å². The zero-order valence-corrected chi connectivity index (χ0v) is 18.3. The van der Waals surface area contributed by atoms with Crippen LogP contribution in [-0.4, -0.2) is 143 Å². The van der Waals surface area contributed by atoms with Crippen molar-refractivity contribution in [1.82, 2.24) is 24.9 Å². The lowest BCUT2D eigenvalue weighted by Gasteiger charge is -2.33. The molecule has 0 spiro atoms.